The van der Waals surface area contributed by atoms with Gasteiger partial charge in [-0.1, -0.05) is 6.92 Å². The van der Waals surface area contributed by atoms with Gasteiger partial charge in [-0.05, 0) is 27.7 Å². The molecule has 6 nitrogen and oxygen atoms in total. The molecule has 1 rings (SSSR count). The molecule has 1 amide bonds. The van der Waals surface area contributed by atoms with E-state index >= 15 is 0 Å². The highest BCUT2D eigenvalue weighted by Crippen LogP contribution is 2.06. The summed E-state index contributed by atoms with van der Waals surface area (Å²) in [6, 6.07) is 0.0968. The summed E-state index contributed by atoms with van der Waals surface area (Å²) in [5.41, 5.74) is -0.477. The molecule has 0 aliphatic heterocycles. The van der Waals surface area contributed by atoms with Gasteiger partial charge < -0.3 is 19.8 Å². The molecule has 0 saturated heterocycles. The third-order valence-corrected chi connectivity index (χ3v) is 2.50. The second kappa shape index (κ2) is 7.28. The van der Waals surface area contributed by atoms with Crippen molar-refractivity contribution < 1.29 is 13.9 Å². The molecule has 1 aromatic rings. The first-order valence-electron chi connectivity index (χ1n) is 6.94. The van der Waals surface area contributed by atoms with Gasteiger partial charge in [-0.3, -0.25) is 0 Å². The van der Waals surface area contributed by atoms with Crippen molar-refractivity contribution in [2.45, 2.75) is 59.2 Å². The van der Waals surface area contributed by atoms with Crippen LogP contribution in [0.25, 0.3) is 0 Å². The van der Waals surface area contributed by atoms with Crippen molar-refractivity contribution in [1.82, 2.24) is 15.6 Å². The third-order valence-electron chi connectivity index (χ3n) is 2.50. The van der Waals surface area contributed by atoms with E-state index in [1.54, 1.807) is 6.20 Å². The molecule has 1 heterocycles. The number of hydrogen-bond donors (Lipinski definition) is 2. The Kier molecular flexibility index (Phi) is 6.01. The van der Waals surface area contributed by atoms with Crippen LogP contribution in [0.3, 0.4) is 0 Å². The van der Waals surface area contributed by atoms with E-state index < -0.39 is 11.7 Å². The van der Waals surface area contributed by atoms with Crippen LogP contribution >= 0.6 is 0 Å². The Bertz CT molecular complexity index is 424. The van der Waals surface area contributed by atoms with Crippen LogP contribution in [0, 0.1) is 0 Å². The van der Waals surface area contributed by atoms with Crippen molar-refractivity contribution in [2.75, 3.05) is 6.54 Å². The van der Waals surface area contributed by atoms with E-state index in [-0.39, 0.29) is 6.04 Å². The molecular weight excluding hydrogens is 258 g/mol. The molecule has 1 unspecified atom stereocenters. The third kappa shape index (κ3) is 6.56. The molecule has 0 aliphatic carbocycles. The standard InChI is InChI=1S/C14H25N3O3/c1-6-11-8-16-12(19-11)9-15-10(2)7-17-13(18)20-14(3,4)5/h8,10,15H,6-7,9H2,1-5H3,(H,17,18). The van der Waals surface area contributed by atoms with Crippen LogP contribution in [-0.4, -0.2) is 29.3 Å². The van der Waals surface area contributed by atoms with Crippen molar-refractivity contribution in [3.05, 3.63) is 17.8 Å². The first-order valence-corrected chi connectivity index (χ1v) is 6.94. The van der Waals surface area contributed by atoms with Gasteiger partial charge in [0.1, 0.15) is 11.4 Å². The van der Waals surface area contributed by atoms with Crippen LogP contribution in [0.15, 0.2) is 10.6 Å². The van der Waals surface area contributed by atoms with E-state index in [9.17, 15) is 4.79 Å². The van der Waals surface area contributed by atoms with Crippen molar-refractivity contribution in [3.8, 4) is 0 Å². The van der Waals surface area contributed by atoms with Crippen molar-refractivity contribution in [2.24, 2.45) is 0 Å². The summed E-state index contributed by atoms with van der Waals surface area (Å²) >= 11 is 0. The fraction of sp³-hybridized carbons (Fsp3) is 0.714. The van der Waals surface area contributed by atoms with E-state index in [4.69, 9.17) is 9.15 Å². The minimum atomic E-state index is -0.477. The lowest BCUT2D eigenvalue weighted by Crippen LogP contribution is -2.41. The van der Waals surface area contributed by atoms with Gasteiger partial charge in [-0.2, -0.15) is 0 Å². The Hall–Kier alpha value is -1.56. The maximum Gasteiger partial charge on any atom is 0.407 e. The summed E-state index contributed by atoms with van der Waals surface area (Å²) in [6.45, 7) is 10.5. The fourth-order valence-electron chi connectivity index (χ4n) is 1.48. The molecule has 20 heavy (non-hydrogen) atoms. The molecule has 1 aromatic heterocycles. The second-order valence-electron chi connectivity index (χ2n) is 5.74. The van der Waals surface area contributed by atoms with Gasteiger partial charge in [0, 0.05) is 19.0 Å². The number of nitrogens with one attached hydrogen (secondary N) is 2. The maximum atomic E-state index is 11.5. The number of oxazole rings is 1. The van der Waals surface area contributed by atoms with Crippen molar-refractivity contribution >= 4 is 6.09 Å². The lowest BCUT2D eigenvalue weighted by molar-refractivity contribution is 0.0523. The summed E-state index contributed by atoms with van der Waals surface area (Å²) < 4.78 is 10.6. The average Bonchev–Trinajstić information content (AvgIpc) is 2.79. The molecule has 114 valence electrons. The number of aryl methyl sites for hydroxylation is 1. The van der Waals surface area contributed by atoms with Gasteiger partial charge in [0.2, 0.25) is 5.89 Å². The van der Waals surface area contributed by atoms with E-state index in [1.165, 1.54) is 0 Å². The van der Waals surface area contributed by atoms with Crippen LogP contribution in [0.4, 0.5) is 4.79 Å². The maximum absolute atomic E-state index is 11.5. The number of aromatic nitrogens is 1. The Morgan fingerprint density at radius 2 is 2.20 bits per heavy atom. The van der Waals surface area contributed by atoms with Gasteiger partial charge in [0.25, 0.3) is 0 Å². The zero-order valence-corrected chi connectivity index (χ0v) is 12.9. The van der Waals surface area contributed by atoms with Gasteiger partial charge >= 0.3 is 6.09 Å². The normalized spacial score (nSPS) is 13.1. The molecule has 2 N–H and O–H groups in total. The number of carbonyl (C=O) groups is 1. The molecule has 0 fully saturated rings. The molecule has 6 heteroatoms. The number of hydrogen-bond acceptors (Lipinski definition) is 5. The number of nitrogens with zero attached hydrogens (tertiary/aromatic N) is 1. The zero-order valence-electron chi connectivity index (χ0n) is 12.9. The van der Waals surface area contributed by atoms with E-state index in [0.29, 0.717) is 19.0 Å². The molecule has 0 bridgehead atoms. The quantitative estimate of drug-likeness (QED) is 0.837. The van der Waals surface area contributed by atoms with E-state index in [2.05, 4.69) is 15.6 Å². The smallest absolute Gasteiger partial charge is 0.407 e. The highest BCUT2D eigenvalue weighted by molar-refractivity contribution is 5.67. The van der Waals surface area contributed by atoms with Gasteiger partial charge in [0.15, 0.2) is 0 Å². The summed E-state index contributed by atoms with van der Waals surface area (Å²) in [7, 11) is 0. The number of amides is 1. The first-order chi connectivity index (χ1) is 9.30. The average molecular weight is 283 g/mol. The Labute approximate surface area is 120 Å². The Balaban J connectivity index is 2.23. The predicted octanol–water partition coefficient (Wildman–Crippen LogP) is 2.24. The molecule has 0 saturated carbocycles. The minimum absolute atomic E-state index is 0.0968. The SMILES string of the molecule is CCc1cnc(CNC(C)CNC(=O)OC(C)(C)C)o1. The molecule has 0 aromatic carbocycles. The van der Waals surface area contributed by atoms with Gasteiger partial charge in [-0.15, -0.1) is 0 Å². The first kappa shape index (κ1) is 16.5. The molecular formula is C14H25N3O3. The van der Waals surface area contributed by atoms with Crippen molar-refractivity contribution in [1.29, 1.82) is 0 Å². The van der Waals surface area contributed by atoms with Gasteiger partial charge in [-0.25, -0.2) is 9.78 Å². The number of ether oxygens (including phenoxy) is 1. The molecule has 0 spiro atoms. The highest BCUT2D eigenvalue weighted by Gasteiger charge is 2.16. The highest BCUT2D eigenvalue weighted by atomic mass is 16.6. The van der Waals surface area contributed by atoms with Crippen LogP contribution in [0.5, 0.6) is 0 Å². The molecule has 0 aliphatic rings. The van der Waals surface area contributed by atoms with Crippen LogP contribution < -0.4 is 10.6 Å². The second-order valence-corrected chi connectivity index (χ2v) is 5.74. The number of rotatable bonds is 6. The summed E-state index contributed by atoms with van der Waals surface area (Å²) in [5.74, 6) is 1.53. The minimum Gasteiger partial charge on any atom is -0.444 e. The van der Waals surface area contributed by atoms with Crippen molar-refractivity contribution in [3.63, 3.8) is 0 Å². The predicted molar refractivity (Wildman–Crippen MR) is 76.4 cm³/mol. The Morgan fingerprint density at radius 3 is 2.75 bits per heavy atom. The van der Waals surface area contributed by atoms with Crippen LogP contribution in [-0.2, 0) is 17.7 Å². The monoisotopic (exact) mass is 283 g/mol. The summed E-state index contributed by atoms with van der Waals surface area (Å²) in [6.07, 6.45) is 2.17. The number of alkyl carbamates (subject to hydrolysis) is 1. The number of carbonyl (C=O) groups excluding carboxylic acids is 1. The summed E-state index contributed by atoms with van der Waals surface area (Å²) in [4.78, 5) is 15.6. The van der Waals surface area contributed by atoms with E-state index in [1.807, 2.05) is 34.6 Å². The fourth-order valence-corrected chi connectivity index (χ4v) is 1.48. The lowest BCUT2D eigenvalue weighted by Gasteiger charge is -2.21. The lowest BCUT2D eigenvalue weighted by atomic mass is 10.2. The molecule has 1 atom stereocenters. The zero-order chi connectivity index (χ0) is 15.2. The largest absolute Gasteiger partial charge is 0.444 e. The summed E-state index contributed by atoms with van der Waals surface area (Å²) in [5, 5.41) is 5.94. The van der Waals surface area contributed by atoms with Gasteiger partial charge in [0.05, 0.1) is 12.7 Å². The van der Waals surface area contributed by atoms with E-state index in [0.717, 1.165) is 12.2 Å². The Morgan fingerprint density at radius 1 is 1.50 bits per heavy atom. The molecule has 0 radical (unpaired) electrons. The van der Waals surface area contributed by atoms with Crippen LogP contribution in [0.2, 0.25) is 0 Å². The van der Waals surface area contributed by atoms with Crippen LogP contribution in [0.1, 0.15) is 46.3 Å². The topological polar surface area (TPSA) is 76.4 Å².